The molecule has 0 fully saturated rings. The first-order chi connectivity index (χ1) is 9.93. The van der Waals surface area contributed by atoms with Gasteiger partial charge in [-0.05, 0) is 38.0 Å². The maximum Gasteiger partial charge on any atom is 0.186 e. The summed E-state index contributed by atoms with van der Waals surface area (Å²) in [6, 6.07) is 12.5. The SMILES string of the molecule is CCCCCCC[C@](C#N)(O[Si](C)(C)C)c1ccccc1. The van der Waals surface area contributed by atoms with E-state index in [1.54, 1.807) is 0 Å². The Morgan fingerprint density at radius 1 is 1.05 bits per heavy atom. The third-order valence-electron chi connectivity index (χ3n) is 3.53. The van der Waals surface area contributed by atoms with Gasteiger partial charge in [0.2, 0.25) is 0 Å². The summed E-state index contributed by atoms with van der Waals surface area (Å²) in [7, 11) is -1.79. The van der Waals surface area contributed by atoms with Crippen molar-refractivity contribution >= 4 is 8.32 Å². The van der Waals surface area contributed by atoms with Crippen molar-refractivity contribution in [1.82, 2.24) is 0 Å². The highest BCUT2D eigenvalue weighted by molar-refractivity contribution is 6.69. The molecule has 0 saturated heterocycles. The van der Waals surface area contributed by atoms with Gasteiger partial charge in [0.25, 0.3) is 0 Å². The Hall–Kier alpha value is -1.11. The molecular formula is C18H29NOSi. The van der Waals surface area contributed by atoms with Crippen LogP contribution in [0, 0.1) is 11.3 Å². The monoisotopic (exact) mass is 303 g/mol. The number of benzene rings is 1. The molecule has 0 radical (unpaired) electrons. The van der Waals surface area contributed by atoms with E-state index in [0.717, 1.165) is 18.4 Å². The van der Waals surface area contributed by atoms with Gasteiger partial charge in [-0.1, -0.05) is 62.9 Å². The first-order valence-corrected chi connectivity index (χ1v) is 11.5. The van der Waals surface area contributed by atoms with E-state index in [2.05, 4.69) is 32.6 Å². The first kappa shape index (κ1) is 17.9. The Morgan fingerprint density at radius 3 is 2.19 bits per heavy atom. The largest absolute Gasteiger partial charge is 0.396 e. The molecule has 0 aliphatic heterocycles. The molecule has 1 rings (SSSR count). The van der Waals surface area contributed by atoms with Gasteiger partial charge in [-0.15, -0.1) is 0 Å². The Labute approximate surface area is 131 Å². The van der Waals surface area contributed by atoms with Crippen LogP contribution < -0.4 is 0 Å². The Bertz CT molecular complexity index is 447. The van der Waals surface area contributed by atoms with E-state index in [4.69, 9.17) is 4.43 Å². The van der Waals surface area contributed by atoms with E-state index >= 15 is 0 Å². The maximum absolute atomic E-state index is 9.84. The molecule has 0 saturated carbocycles. The summed E-state index contributed by atoms with van der Waals surface area (Å²) < 4.78 is 6.34. The van der Waals surface area contributed by atoms with Gasteiger partial charge in [0.1, 0.15) is 6.07 Å². The Balaban J connectivity index is 2.86. The summed E-state index contributed by atoms with van der Waals surface area (Å²) >= 11 is 0. The van der Waals surface area contributed by atoms with Gasteiger partial charge in [-0.2, -0.15) is 5.26 Å². The normalized spacial score (nSPS) is 14.4. The van der Waals surface area contributed by atoms with Gasteiger partial charge >= 0.3 is 0 Å². The van der Waals surface area contributed by atoms with Crippen LogP contribution in [0.5, 0.6) is 0 Å². The fraction of sp³-hybridized carbons (Fsp3) is 0.611. The fourth-order valence-electron chi connectivity index (χ4n) is 2.61. The minimum atomic E-state index is -1.79. The zero-order chi connectivity index (χ0) is 15.8. The number of unbranched alkanes of at least 4 members (excludes halogenated alkanes) is 4. The zero-order valence-electron chi connectivity index (χ0n) is 14.0. The lowest BCUT2D eigenvalue weighted by molar-refractivity contribution is 0.105. The second kappa shape index (κ2) is 8.36. The van der Waals surface area contributed by atoms with Gasteiger partial charge in [0.15, 0.2) is 13.9 Å². The summed E-state index contributed by atoms with van der Waals surface area (Å²) in [6.07, 6.45) is 6.79. The van der Waals surface area contributed by atoms with E-state index in [1.807, 2.05) is 30.3 Å². The third kappa shape index (κ3) is 6.03. The molecule has 0 heterocycles. The predicted octanol–water partition coefficient (Wildman–Crippen LogP) is 5.62. The van der Waals surface area contributed by atoms with E-state index in [9.17, 15) is 5.26 Å². The van der Waals surface area contributed by atoms with Crippen molar-refractivity contribution in [2.75, 3.05) is 0 Å². The van der Waals surface area contributed by atoms with Gasteiger partial charge in [-0.3, -0.25) is 0 Å². The maximum atomic E-state index is 9.84. The molecule has 0 aliphatic carbocycles. The minimum Gasteiger partial charge on any atom is -0.396 e. The molecule has 1 atom stereocenters. The molecule has 0 aliphatic rings. The molecule has 21 heavy (non-hydrogen) atoms. The van der Waals surface area contributed by atoms with Gasteiger partial charge in [-0.25, -0.2) is 0 Å². The summed E-state index contributed by atoms with van der Waals surface area (Å²) in [6.45, 7) is 8.68. The van der Waals surface area contributed by atoms with Crippen molar-refractivity contribution in [1.29, 1.82) is 5.26 Å². The lowest BCUT2D eigenvalue weighted by atomic mass is 9.89. The number of rotatable bonds is 9. The van der Waals surface area contributed by atoms with Crippen molar-refractivity contribution in [3.8, 4) is 6.07 Å². The zero-order valence-corrected chi connectivity index (χ0v) is 15.0. The van der Waals surface area contributed by atoms with E-state index in [0.29, 0.717) is 0 Å². The van der Waals surface area contributed by atoms with Crippen LogP contribution in [0.25, 0.3) is 0 Å². The van der Waals surface area contributed by atoms with Crippen LogP contribution >= 0.6 is 0 Å². The van der Waals surface area contributed by atoms with Crippen LogP contribution in [-0.2, 0) is 10.0 Å². The van der Waals surface area contributed by atoms with Crippen LogP contribution in [-0.4, -0.2) is 8.32 Å². The van der Waals surface area contributed by atoms with Crippen molar-refractivity contribution in [2.45, 2.75) is 70.7 Å². The Kier molecular flexibility index (Phi) is 7.14. The molecule has 2 nitrogen and oxygen atoms in total. The molecule has 0 unspecified atom stereocenters. The molecule has 1 aromatic rings. The van der Waals surface area contributed by atoms with Crippen LogP contribution in [0.15, 0.2) is 30.3 Å². The van der Waals surface area contributed by atoms with Crippen LogP contribution in [0.1, 0.15) is 51.0 Å². The molecular weight excluding hydrogens is 274 g/mol. The van der Waals surface area contributed by atoms with Gasteiger partial charge < -0.3 is 4.43 Å². The van der Waals surface area contributed by atoms with Crippen molar-refractivity contribution < 1.29 is 4.43 Å². The molecule has 1 aromatic carbocycles. The highest BCUT2D eigenvalue weighted by atomic mass is 28.4. The predicted molar refractivity (Wildman–Crippen MR) is 91.5 cm³/mol. The molecule has 3 heteroatoms. The number of hydrogen-bond donors (Lipinski definition) is 0. The van der Waals surface area contributed by atoms with Crippen molar-refractivity contribution in [2.24, 2.45) is 0 Å². The summed E-state index contributed by atoms with van der Waals surface area (Å²) in [4.78, 5) is 0. The van der Waals surface area contributed by atoms with Crippen LogP contribution in [0.3, 0.4) is 0 Å². The summed E-state index contributed by atoms with van der Waals surface area (Å²) in [5.74, 6) is 0. The molecule has 0 bridgehead atoms. The fourth-order valence-corrected chi connectivity index (χ4v) is 3.92. The average molecular weight is 304 g/mol. The first-order valence-electron chi connectivity index (χ1n) is 8.10. The number of nitrogens with zero attached hydrogens (tertiary/aromatic N) is 1. The molecule has 116 valence electrons. The second-order valence-corrected chi connectivity index (χ2v) is 11.1. The lowest BCUT2D eigenvalue weighted by Crippen LogP contribution is -2.39. The van der Waals surface area contributed by atoms with Crippen LogP contribution in [0.2, 0.25) is 19.6 Å². The average Bonchev–Trinajstić information content (AvgIpc) is 2.45. The van der Waals surface area contributed by atoms with Crippen LogP contribution in [0.4, 0.5) is 0 Å². The lowest BCUT2D eigenvalue weighted by Gasteiger charge is -2.34. The molecule has 0 amide bonds. The van der Waals surface area contributed by atoms with Gasteiger partial charge in [0.05, 0.1) is 0 Å². The highest BCUT2D eigenvalue weighted by Gasteiger charge is 2.37. The highest BCUT2D eigenvalue weighted by Crippen LogP contribution is 2.34. The number of hydrogen-bond acceptors (Lipinski definition) is 2. The number of nitriles is 1. The van der Waals surface area contributed by atoms with E-state index < -0.39 is 13.9 Å². The molecule has 0 N–H and O–H groups in total. The van der Waals surface area contributed by atoms with E-state index in [-0.39, 0.29) is 0 Å². The third-order valence-corrected chi connectivity index (χ3v) is 4.49. The Morgan fingerprint density at radius 2 is 1.67 bits per heavy atom. The quantitative estimate of drug-likeness (QED) is 0.438. The summed E-state index contributed by atoms with van der Waals surface area (Å²) in [5, 5.41) is 9.84. The molecule has 0 spiro atoms. The summed E-state index contributed by atoms with van der Waals surface area (Å²) in [5.41, 5.74) is 0.239. The standard InChI is InChI=1S/C18H29NOSi/c1-5-6-7-8-12-15-18(16-19,20-21(2,3)4)17-13-10-9-11-14-17/h9-11,13-14H,5-8,12,15H2,1-4H3/t18-/m1/s1. The second-order valence-electron chi connectivity index (χ2n) is 6.68. The minimum absolute atomic E-state index is 0.766. The smallest absolute Gasteiger partial charge is 0.186 e. The molecule has 0 aromatic heterocycles. The van der Waals surface area contributed by atoms with Crippen molar-refractivity contribution in [3.63, 3.8) is 0 Å². The van der Waals surface area contributed by atoms with E-state index in [1.165, 1.54) is 25.7 Å². The topological polar surface area (TPSA) is 33.0 Å². The van der Waals surface area contributed by atoms with Crippen molar-refractivity contribution in [3.05, 3.63) is 35.9 Å². The van der Waals surface area contributed by atoms with Gasteiger partial charge in [0, 0.05) is 0 Å².